The van der Waals surface area contributed by atoms with Gasteiger partial charge in [0.25, 0.3) is 5.56 Å². The highest BCUT2D eigenvalue weighted by Gasteiger charge is 2.35. The summed E-state index contributed by atoms with van der Waals surface area (Å²) in [5, 5.41) is 0. The van der Waals surface area contributed by atoms with Crippen LogP contribution in [0.15, 0.2) is 76.3 Å². The van der Waals surface area contributed by atoms with E-state index in [0.717, 1.165) is 23.7 Å². The highest BCUT2D eigenvalue weighted by Crippen LogP contribution is 2.34. The van der Waals surface area contributed by atoms with E-state index in [1.165, 1.54) is 37.8 Å². The number of nitrogens with zero attached hydrogens (tertiary/aromatic N) is 2. The first-order chi connectivity index (χ1) is 19.4. The molecular weight excluding hydrogens is 545 g/mol. The van der Waals surface area contributed by atoms with Crippen LogP contribution in [0.4, 0.5) is 22.0 Å². The minimum absolute atomic E-state index is 0.114. The summed E-state index contributed by atoms with van der Waals surface area (Å²) in [5.74, 6) is -2.20. The van der Waals surface area contributed by atoms with Crippen molar-refractivity contribution in [2.75, 3.05) is 7.11 Å². The van der Waals surface area contributed by atoms with Crippen molar-refractivity contribution in [1.82, 2.24) is 9.13 Å². The van der Waals surface area contributed by atoms with Crippen LogP contribution in [0.5, 0.6) is 5.75 Å². The van der Waals surface area contributed by atoms with Gasteiger partial charge in [-0.2, -0.15) is 13.2 Å². The molecule has 1 aromatic heterocycles. The quantitative estimate of drug-likeness (QED) is 0.293. The molecule has 0 atom stereocenters. The molecule has 0 spiro atoms. The van der Waals surface area contributed by atoms with E-state index in [1.54, 1.807) is 0 Å². The molecule has 0 saturated heterocycles. The maximum atomic E-state index is 14.8. The molecule has 0 aliphatic rings. The first kappa shape index (κ1) is 33.0. The molecule has 0 bridgehead atoms. The van der Waals surface area contributed by atoms with E-state index in [0.29, 0.717) is 17.2 Å². The number of halogens is 5. The van der Waals surface area contributed by atoms with Gasteiger partial charge in [0, 0.05) is 30.4 Å². The second-order valence-electron chi connectivity index (χ2n) is 8.47. The van der Waals surface area contributed by atoms with Crippen molar-refractivity contribution in [2.45, 2.75) is 40.0 Å². The molecular formula is C30H32F5N3O3. The van der Waals surface area contributed by atoms with Crippen LogP contribution in [0, 0.1) is 18.6 Å². The molecule has 2 N–H and O–H groups in total. The lowest BCUT2D eigenvalue weighted by atomic mass is 10.0. The molecule has 3 aromatic carbocycles. The number of ether oxygens (including phenoxy) is 1. The van der Waals surface area contributed by atoms with Crippen LogP contribution < -0.4 is 21.7 Å². The molecule has 4 aromatic rings. The number of rotatable bonds is 5. The Kier molecular flexibility index (Phi) is 11.6. The average molecular weight is 578 g/mol. The Morgan fingerprint density at radius 1 is 0.902 bits per heavy atom. The molecule has 220 valence electrons. The average Bonchev–Trinajstić information content (AvgIpc) is 2.97. The molecule has 0 unspecified atom stereocenters. The fourth-order valence-electron chi connectivity index (χ4n) is 3.98. The number of benzene rings is 3. The zero-order valence-corrected chi connectivity index (χ0v) is 23.4. The van der Waals surface area contributed by atoms with E-state index >= 15 is 0 Å². The highest BCUT2D eigenvalue weighted by atomic mass is 19.4. The minimum Gasteiger partial charge on any atom is -0.494 e. The first-order valence-corrected chi connectivity index (χ1v) is 12.6. The third kappa shape index (κ3) is 7.49. The third-order valence-electron chi connectivity index (χ3n) is 6.07. The summed E-state index contributed by atoms with van der Waals surface area (Å²) in [4.78, 5) is 25.4. The normalized spacial score (nSPS) is 10.7. The molecule has 6 nitrogen and oxygen atoms in total. The fraction of sp³-hybridized carbons (Fsp3) is 0.267. The van der Waals surface area contributed by atoms with Crippen LogP contribution in [-0.4, -0.2) is 16.2 Å². The van der Waals surface area contributed by atoms with Gasteiger partial charge in [-0.3, -0.25) is 13.9 Å². The molecule has 1 heterocycles. The van der Waals surface area contributed by atoms with Gasteiger partial charge in [0.1, 0.15) is 5.82 Å². The summed E-state index contributed by atoms with van der Waals surface area (Å²) in [6, 6.07) is 16.5. The van der Waals surface area contributed by atoms with Crippen molar-refractivity contribution in [2.24, 2.45) is 12.8 Å². The standard InChI is InChI=1S/C21H17F5N2O3.C7H9N.C2H6/c1-11-17(12-6-4-9-16(31-3)18(12)23)19(29)27(2)20(30)28(11)10-13-14(21(24,25)26)7-5-8-15(13)22;8-6-7-4-2-1-3-5-7;1-2/h4-9H,10H2,1-3H3;1-5H,6,8H2;1-2H3. The van der Waals surface area contributed by atoms with Gasteiger partial charge in [-0.25, -0.2) is 13.6 Å². The number of hydrogen-bond acceptors (Lipinski definition) is 4. The molecule has 0 saturated carbocycles. The summed E-state index contributed by atoms with van der Waals surface area (Å²) in [6.45, 7) is 5.12. The van der Waals surface area contributed by atoms with E-state index in [-0.39, 0.29) is 22.6 Å². The van der Waals surface area contributed by atoms with Crippen molar-refractivity contribution in [3.05, 3.63) is 122 Å². The maximum Gasteiger partial charge on any atom is 0.416 e. The van der Waals surface area contributed by atoms with E-state index in [1.807, 2.05) is 44.2 Å². The Labute approximate surface area is 234 Å². The number of methoxy groups -OCH3 is 1. The van der Waals surface area contributed by atoms with Crippen LogP contribution >= 0.6 is 0 Å². The number of hydrogen-bond donors (Lipinski definition) is 1. The van der Waals surface area contributed by atoms with Crippen LogP contribution in [0.25, 0.3) is 11.1 Å². The van der Waals surface area contributed by atoms with Crippen molar-refractivity contribution in [3.63, 3.8) is 0 Å². The molecule has 0 fully saturated rings. The SMILES string of the molecule is CC.COc1cccc(-c2c(C)n(Cc3c(F)cccc3C(F)(F)F)c(=O)n(C)c2=O)c1F.NCc1ccccc1. The van der Waals surface area contributed by atoms with Crippen LogP contribution in [0.1, 0.15) is 36.2 Å². The van der Waals surface area contributed by atoms with Crippen LogP contribution in [0.3, 0.4) is 0 Å². The van der Waals surface area contributed by atoms with Crippen molar-refractivity contribution in [3.8, 4) is 16.9 Å². The lowest BCUT2D eigenvalue weighted by Crippen LogP contribution is -2.41. The fourth-order valence-corrected chi connectivity index (χ4v) is 3.98. The zero-order valence-electron chi connectivity index (χ0n) is 23.4. The monoisotopic (exact) mass is 577 g/mol. The number of aromatic nitrogens is 2. The molecule has 0 aliphatic carbocycles. The lowest BCUT2D eigenvalue weighted by Gasteiger charge is -2.19. The molecule has 0 radical (unpaired) electrons. The second kappa shape index (κ2) is 14.4. The predicted octanol–water partition coefficient (Wildman–Crippen LogP) is 6.05. The van der Waals surface area contributed by atoms with E-state index in [2.05, 4.69) is 0 Å². The summed E-state index contributed by atoms with van der Waals surface area (Å²) in [6.07, 6.45) is -4.86. The number of nitrogens with two attached hydrogens (primary N) is 1. The van der Waals surface area contributed by atoms with Gasteiger partial charge in [-0.05, 0) is 30.7 Å². The minimum atomic E-state index is -4.86. The largest absolute Gasteiger partial charge is 0.494 e. The topological polar surface area (TPSA) is 79.2 Å². The second-order valence-corrected chi connectivity index (χ2v) is 8.47. The molecule has 0 amide bonds. The predicted molar refractivity (Wildman–Crippen MR) is 149 cm³/mol. The number of alkyl halides is 3. The summed E-state index contributed by atoms with van der Waals surface area (Å²) in [7, 11) is 2.33. The highest BCUT2D eigenvalue weighted by molar-refractivity contribution is 5.67. The van der Waals surface area contributed by atoms with Gasteiger partial charge in [-0.15, -0.1) is 0 Å². The van der Waals surface area contributed by atoms with Gasteiger partial charge in [-0.1, -0.05) is 62.4 Å². The van der Waals surface area contributed by atoms with Crippen LogP contribution in [0.2, 0.25) is 0 Å². The van der Waals surface area contributed by atoms with E-state index in [9.17, 15) is 31.5 Å². The molecule has 41 heavy (non-hydrogen) atoms. The smallest absolute Gasteiger partial charge is 0.416 e. The Morgan fingerprint density at radius 2 is 1.51 bits per heavy atom. The van der Waals surface area contributed by atoms with Gasteiger partial charge in [0.05, 0.1) is 24.8 Å². The van der Waals surface area contributed by atoms with Gasteiger partial charge >= 0.3 is 11.9 Å². The van der Waals surface area contributed by atoms with Crippen molar-refractivity contribution < 1.29 is 26.7 Å². The summed E-state index contributed by atoms with van der Waals surface area (Å²) in [5.41, 5.74) is 2.14. The molecule has 11 heteroatoms. The maximum absolute atomic E-state index is 14.8. The zero-order chi connectivity index (χ0) is 30.9. The summed E-state index contributed by atoms with van der Waals surface area (Å²) >= 11 is 0. The lowest BCUT2D eigenvalue weighted by molar-refractivity contribution is -0.138. The van der Waals surface area contributed by atoms with E-state index in [4.69, 9.17) is 10.5 Å². The van der Waals surface area contributed by atoms with Gasteiger partial charge in [0.15, 0.2) is 11.6 Å². The summed E-state index contributed by atoms with van der Waals surface area (Å²) < 4.78 is 75.7. The Hall–Kier alpha value is -4.25. The third-order valence-corrected chi connectivity index (χ3v) is 6.07. The molecule has 4 rings (SSSR count). The van der Waals surface area contributed by atoms with E-state index < -0.39 is 46.7 Å². The van der Waals surface area contributed by atoms with Crippen molar-refractivity contribution >= 4 is 0 Å². The Bertz CT molecular complexity index is 1580. The first-order valence-electron chi connectivity index (χ1n) is 12.6. The van der Waals surface area contributed by atoms with Gasteiger partial charge in [0.2, 0.25) is 0 Å². The Balaban J connectivity index is 0.000000500. The molecule has 0 aliphatic heterocycles. The van der Waals surface area contributed by atoms with Gasteiger partial charge < -0.3 is 10.5 Å². The van der Waals surface area contributed by atoms with Crippen LogP contribution in [-0.2, 0) is 26.3 Å². The van der Waals surface area contributed by atoms with Crippen molar-refractivity contribution in [1.29, 1.82) is 0 Å². The Morgan fingerprint density at radius 3 is 2.05 bits per heavy atom.